The summed E-state index contributed by atoms with van der Waals surface area (Å²) in [6.07, 6.45) is 1.34. The lowest BCUT2D eigenvalue weighted by Gasteiger charge is -1.90. The lowest BCUT2D eigenvalue weighted by atomic mass is 10.2. The number of thiophene rings is 1. The summed E-state index contributed by atoms with van der Waals surface area (Å²) in [6.45, 7) is 1.58. The molecule has 3 heteroatoms. The number of hydrogen-bond donors (Lipinski definition) is 0. The average molecular weight is 179 g/mol. The highest BCUT2D eigenvalue weighted by atomic mass is 32.1. The molecule has 0 aliphatic carbocycles. The van der Waals surface area contributed by atoms with Crippen molar-refractivity contribution in [2.24, 2.45) is 0 Å². The minimum absolute atomic E-state index is 0.196. The maximum atomic E-state index is 10.6. The second-order valence-corrected chi connectivity index (χ2v) is 3.61. The molecule has 0 N–H and O–H groups in total. The van der Waals surface area contributed by atoms with Gasteiger partial charge in [0.15, 0.2) is 0 Å². The van der Waals surface area contributed by atoms with Crippen LogP contribution in [0.25, 0.3) is 0 Å². The normalized spacial score (nSPS) is 9.33. The van der Waals surface area contributed by atoms with Crippen LogP contribution in [0.5, 0.6) is 0 Å². The van der Waals surface area contributed by atoms with Gasteiger partial charge in [-0.2, -0.15) is 5.26 Å². The lowest BCUT2D eigenvalue weighted by molar-refractivity contribution is -0.116. The molecule has 1 aromatic rings. The van der Waals surface area contributed by atoms with E-state index in [1.165, 1.54) is 0 Å². The molecule has 2 nitrogen and oxygen atoms in total. The van der Waals surface area contributed by atoms with Crippen LogP contribution in [0, 0.1) is 11.3 Å². The Balaban J connectivity index is 2.54. The van der Waals surface area contributed by atoms with Crippen molar-refractivity contribution in [1.82, 2.24) is 0 Å². The molecule has 1 aromatic heterocycles. The number of hydrogen-bond acceptors (Lipinski definition) is 3. The molecule has 1 rings (SSSR count). The van der Waals surface area contributed by atoms with Crippen molar-refractivity contribution in [1.29, 1.82) is 5.26 Å². The first-order valence-corrected chi connectivity index (χ1v) is 4.57. The van der Waals surface area contributed by atoms with Crippen LogP contribution < -0.4 is 0 Å². The van der Waals surface area contributed by atoms with Crippen molar-refractivity contribution < 1.29 is 4.79 Å². The van der Waals surface area contributed by atoms with Gasteiger partial charge in [0, 0.05) is 16.7 Å². The van der Waals surface area contributed by atoms with Gasteiger partial charge in [0.25, 0.3) is 0 Å². The Bertz CT molecular complexity index is 322. The van der Waals surface area contributed by atoms with Gasteiger partial charge in [0.05, 0.1) is 11.6 Å². The Labute approximate surface area is 75.5 Å². The van der Waals surface area contributed by atoms with Gasteiger partial charge in [-0.25, -0.2) is 0 Å². The van der Waals surface area contributed by atoms with E-state index in [1.807, 2.05) is 11.4 Å². The monoisotopic (exact) mass is 179 g/mol. The molecular formula is C9H9NOS. The van der Waals surface area contributed by atoms with Crippen LogP contribution in [0.2, 0.25) is 0 Å². The molecule has 0 aliphatic rings. The minimum Gasteiger partial charge on any atom is -0.300 e. The van der Waals surface area contributed by atoms with Crippen molar-refractivity contribution in [2.45, 2.75) is 19.8 Å². The zero-order valence-electron chi connectivity index (χ0n) is 6.83. The van der Waals surface area contributed by atoms with Gasteiger partial charge in [-0.15, -0.1) is 11.3 Å². The number of nitriles is 1. The predicted octanol–water partition coefficient (Wildman–Crippen LogP) is 2.14. The first-order chi connectivity index (χ1) is 5.72. The standard InChI is InChI=1S/C9H9NOS/c1-7(11)2-3-9-4-8(5-10)6-12-9/h4,6H,2-3H2,1H3. The topological polar surface area (TPSA) is 40.9 Å². The Morgan fingerprint density at radius 2 is 2.50 bits per heavy atom. The zero-order chi connectivity index (χ0) is 8.97. The summed E-state index contributed by atoms with van der Waals surface area (Å²) in [7, 11) is 0. The van der Waals surface area contributed by atoms with Crippen molar-refractivity contribution in [3.63, 3.8) is 0 Å². The van der Waals surface area contributed by atoms with Crippen molar-refractivity contribution >= 4 is 17.1 Å². The van der Waals surface area contributed by atoms with Gasteiger partial charge in [-0.05, 0) is 19.4 Å². The van der Waals surface area contributed by atoms with Crippen LogP contribution in [0.3, 0.4) is 0 Å². The van der Waals surface area contributed by atoms with Crippen LogP contribution in [-0.2, 0) is 11.2 Å². The van der Waals surface area contributed by atoms with E-state index in [4.69, 9.17) is 5.26 Å². The van der Waals surface area contributed by atoms with E-state index in [2.05, 4.69) is 6.07 Å². The fourth-order valence-corrected chi connectivity index (χ4v) is 1.68. The highest BCUT2D eigenvalue weighted by Crippen LogP contribution is 2.15. The Kier molecular flexibility index (Phi) is 3.01. The number of Topliss-reactive ketones (excluding diaryl/α,β-unsaturated/α-hetero) is 1. The quantitative estimate of drug-likeness (QED) is 0.713. The van der Waals surface area contributed by atoms with E-state index < -0.39 is 0 Å². The number of carbonyl (C=O) groups is 1. The second-order valence-electron chi connectivity index (χ2n) is 2.62. The van der Waals surface area contributed by atoms with Crippen LogP contribution in [0.4, 0.5) is 0 Å². The molecule has 0 atom stereocenters. The molecule has 0 unspecified atom stereocenters. The van der Waals surface area contributed by atoms with E-state index in [9.17, 15) is 4.79 Å². The smallest absolute Gasteiger partial charge is 0.130 e. The van der Waals surface area contributed by atoms with Crippen molar-refractivity contribution in [3.8, 4) is 6.07 Å². The lowest BCUT2D eigenvalue weighted by Crippen LogP contribution is -1.91. The summed E-state index contributed by atoms with van der Waals surface area (Å²) in [6, 6.07) is 3.90. The molecule has 0 aromatic carbocycles. The SMILES string of the molecule is CC(=O)CCc1cc(C#N)cs1. The molecule has 1 heterocycles. The fraction of sp³-hybridized carbons (Fsp3) is 0.333. The summed E-state index contributed by atoms with van der Waals surface area (Å²) in [4.78, 5) is 11.7. The number of rotatable bonds is 3. The molecule has 0 amide bonds. The molecular weight excluding hydrogens is 170 g/mol. The van der Waals surface area contributed by atoms with Crippen LogP contribution in [0.15, 0.2) is 11.4 Å². The predicted molar refractivity (Wildman–Crippen MR) is 48.0 cm³/mol. The van der Waals surface area contributed by atoms with Gasteiger partial charge < -0.3 is 4.79 Å². The maximum absolute atomic E-state index is 10.6. The van der Waals surface area contributed by atoms with Crippen LogP contribution in [-0.4, -0.2) is 5.78 Å². The van der Waals surface area contributed by atoms with Gasteiger partial charge in [-0.1, -0.05) is 0 Å². The highest BCUT2D eigenvalue weighted by molar-refractivity contribution is 7.10. The fourth-order valence-electron chi connectivity index (χ4n) is 0.870. The summed E-state index contributed by atoms with van der Waals surface area (Å²) < 4.78 is 0. The minimum atomic E-state index is 0.196. The summed E-state index contributed by atoms with van der Waals surface area (Å²) in [5, 5.41) is 10.3. The molecule has 0 aliphatic heterocycles. The molecule has 62 valence electrons. The maximum Gasteiger partial charge on any atom is 0.130 e. The van der Waals surface area contributed by atoms with E-state index in [0.717, 1.165) is 11.3 Å². The third kappa shape index (κ3) is 2.48. The van der Waals surface area contributed by atoms with Gasteiger partial charge in [0.2, 0.25) is 0 Å². The highest BCUT2D eigenvalue weighted by Gasteiger charge is 2.00. The molecule has 12 heavy (non-hydrogen) atoms. The van der Waals surface area contributed by atoms with Gasteiger partial charge in [-0.3, -0.25) is 0 Å². The first-order valence-electron chi connectivity index (χ1n) is 3.69. The Morgan fingerprint density at radius 3 is 3.00 bits per heavy atom. The first kappa shape index (κ1) is 8.95. The largest absolute Gasteiger partial charge is 0.300 e. The van der Waals surface area contributed by atoms with E-state index in [0.29, 0.717) is 12.0 Å². The van der Waals surface area contributed by atoms with Crippen LogP contribution >= 0.6 is 11.3 Å². The number of carbonyl (C=O) groups excluding carboxylic acids is 1. The molecule has 0 bridgehead atoms. The third-order valence-electron chi connectivity index (χ3n) is 1.51. The number of aryl methyl sites for hydroxylation is 1. The van der Waals surface area contributed by atoms with E-state index in [1.54, 1.807) is 18.3 Å². The molecule has 0 spiro atoms. The van der Waals surface area contributed by atoms with E-state index >= 15 is 0 Å². The molecule has 0 radical (unpaired) electrons. The molecule has 0 saturated carbocycles. The molecule has 0 saturated heterocycles. The second kappa shape index (κ2) is 4.03. The van der Waals surface area contributed by atoms with Crippen molar-refractivity contribution in [2.75, 3.05) is 0 Å². The number of ketones is 1. The van der Waals surface area contributed by atoms with E-state index in [-0.39, 0.29) is 5.78 Å². The summed E-state index contributed by atoms with van der Waals surface area (Å²) >= 11 is 1.54. The number of nitrogens with zero attached hydrogens (tertiary/aromatic N) is 1. The Hall–Kier alpha value is -1.14. The average Bonchev–Trinajstić information content (AvgIpc) is 2.48. The Morgan fingerprint density at radius 1 is 1.75 bits per heavy atom. The van der Waals surface area contributed by atoms with Crippen molar-refractivity contribution in [3.05, 3.63) is 21.9 Å². The van der Waals surface area contributed by atoms with Crippen LogP contribution in [0.1, 0.15) is 23.8 Å². The van der Waals surface area contributed by atoms with Gasteiger partial charge in [0.1, 0.15) is 5.78 Å². The summed E-state index contributed by atoms with van der Waals surface area (Å²) in [5.74, 6) is 0.196. The third-order valence-corrected chi connectivity index (χ3v) is 2.50. The summed E-state index contributed by atoms with van der Waals surface area (Å²) in [5.41, 5.74) is 0.693. The molecule has 0 fully saturated rings. The van der Waals surface area contributed by atoms with Gasteiger partial charge >= 0.3 is 0 Å². The zero-order valence-corrected chi connectivity index (χ0v) is 7.65.